The van der Waals surface area contributed by atoms with Crippen molar-refractivity contribution in [2.45, 2.75) is 20.0 Å². The number of carbonyl (C=O) groups excluding carboxylic acids is 2. The minimum Gasteiger partial charge on any atom is -0.451 e. The third-order valence-electron chi connectivity index (χ3n) is 3.96. The van der Waals surface area contributed by atoms with E-state index < -0.39 is 35.1 Å². The van der Waals surface area contributed by atoms with E-state index >= 15 is 0 Å². The van der Waals surface area contributed by atoms with Gasteiger partial charge in [-0.15, -0.1) is 0 Å². The van der Waals surface area contributed by atoms with Crippen molar-refractivity contribution >= 4 is 22.7 Å². The predicted molar refractivity (Wildman–Crippen MR) is 88.6 cm³/mol. The monoisotopic (exact) mass is 343 g/mol. The second-order valence-electron chi connectivity index (χ2n) is 5.68. The Bertz CT molecular complexity index is 958. The Morgan fingerprint density at radius 2 is 1.64 bits per heavy atom. The molecule has 6 heteroatoms. The number of rotatable bonds is 4. The molecule has 0 spiro atoms. The second-order valence-corrected chi connectivity index (χ2v) is 5.68. The molecule has 0 fully saturated rings. The van der Waals surface area contributed by atoms with Crippen LogP contribution in [0, 0.1) is 18.6 Å². The lowest BCUT2D eigenvalue weighted by atomic mass is 10.0. The highest BCUT2D eigenvalue weighted by atomic mass is 19.1. The number of ketones is 1. The molecular weight excluding hydrogens is 328 g/mol. The molecule has 1 aromatic heterocycles. The lowest BCUT2D eigenvalue weighted by Gasteiger charge is -2.13. The van der Waals surface area contributed by atoms with Crippen molar-refractivity contribution in [2.24, 2.45) is 0 Å². The van der Waals surface area contributed by atoms with E-state index in [0.29, 0.717) is 16.6 Å². The van der Waals surface area contributed by atoms with Crippen LogP contribution in [0.25, 0.3) is 10.9 Å². The third kappa shape index (κ3) is 3.03. The van der Waals surface area contributed by atoms with Crippen LogP contribution in [0.15, 0.2) is 42.5 Å². The summed E-state index contributed by atoms with van der Waals surface area (Å²) in [5.74, 6) is -3.73. The molecule has 1 N–H and O–H groups in total. The number of benzene rings is 2. The first-order valence-electron chi connectivity index (χ1n) is 7.66. The van der Waals surface area contributed by atoms with E-state index in [4.69, 9.17) is 4.74 Å². The SMILES string of the molecule is Cc1[nH]c2ccccc2c1C(=O)[C@H](C)OC(=O)c1c(F)cccc1F. The molecule has 0 unspecified atom stereocenters. The summed E-state index contributed by atoms with van der Waals surface area (Å²) in [7, 11) is 0. The molecule has 0 aliphatic carbocycles. The van der Waals surface area contributed by atoms with Gasteiger partial charge < -0.3 is 9.72 Å². The van der Waals surface area contributed by atoms with Crippen LogP contribution in [-0.4, -0.2) is 22.8 Å². The Labute approximate surface area is 142 Å². The number of esters is 1. The van der Waals surface area contributed by atoms with E-state index in [1.807, 2.05) is 12.1 Å². The smallest absolute Gasteiger partial charge is 0.344 e. The van der Waals surface area contributed by atoms with Crippen LogP contribution in [0.2, 0.25) is 0 Å². The van der Waals surface area contributed by atoms with Crippen LogP contribution in [-0.2, 0) is 4.74 Å². The first kappa shape index (κ1) is 16.8. The summed E-state index contributed by atoms with van der Waals surface area (Å²) in [4.78, 5) is 27.8. The van der Waals surface area contributed by atoms with E-state index in [2.05, 4.69) is 4.98 Å². The van der Waals surface area contributed by atoms with Crippen molar-refractivity contribution in [3.63, 3.8) is 0 Å². The van der Waals surface area contributed by atoms with Crippen LogP contribution >= 0.6 is 0 Å². The van der Waals surface area contributed by atoms with Gasteiger partial charge in [0.1, 0.15) is 17.2 Å². The number of aryl methyl sites for hydroxylation is 1. The summed E-state index contributed by atoms with van der Waals surface area (Å²) in [6.07, 6.45) is -1.19. The average Bonchev–Trinajstić information content (AvgIpc) is 2.89. The molecule has 1 heterocycles. The van der Waals surface area contributed by atoms with Crippen molar-refractivity contribution < 1.29 is 23.1 Å². The molecule has 128 valence electrons. The van der Waals surface area contributed by atoms with Crippen LogP contribution < -0.4 is 0 Å². The standard InChI is InChI=1S/C19H15F2NO3/c1-10-16(12-6-3-4-9-15(12)22-10)18(23)11(2)25-19(24)17-13(20)7-5-8-14(17)21/h3-9,11,22H,1-2H3/t11-/m0/s1. The first-order valence-corrected chi connectivity index (χ1v) is 7.66. The van der Waals surface area contributed by atoms with Gasteiger partial charge in [-0.1, -0.05) is 24.3 Å². The molecule has 0 saturated carbocycles. The molecular formula is C19H15F2NO3. The van der Waals surface area contributed by atoms with Crippen LogP contribution in [0.1, 0.15) is 33.3 Å². The minimum atomic E-state index is -1.21. The van der Waals surface area contributed by atoms with Crippen LogP contribution in [0.5, 0.6) is 0 Å². The number of para-hydroxylation sites is 1. The first-order chi connectivity index (χ1) is 11.9. The minimum absolute atomic E-state index is 0.393. The molecule has 0 radical (unpaired) electrons. The number of nitrogens with one attached hydrogen (secondary N) is 1. The van der Waals surface area contributed by atoms with E-state index in [9.17, 15) is 18.4 Å². The average molecular weight is 343 g/mol. The molecule has 4 nitrogen and oxygen atoms in total. The fourth-order valence-electron chi connectivity index (χ4n) is 2.76. The second kappa shape index (κ2) is 6.47. The quantitative estimate of drug-likeness (QED) is 0.571. The maximum absolute atomic E-state index is 13.7. The number of aromatic nitrogens is 1. The highest BCUT2D eigenvalue weighted by Crippen LogP contribution is 2.24. The summed E-state index contributed by atoms with van der Waals surface area (Å²) in [5, 5.41) is 0.699. The number of ether oxygens (including phenoxy) is 1. The molecule has 0 aliphatic heterocycles. The summed E-state index contributed by atoms with van der Waals surface area (Å²) in [5.41, 5.74) is 0.996. The Morgan fingerprint density at radius 1 is 1.00 bits per heavy atom. The fraction of sp³-hybridized carbons (Fsp3) is 0.158. The number of aromatic amines is 1. The van der Waals surface area contributed by atoms with Crippen molar-refractivity contribution in [1.29, 1.82) is 0 Å². The van der Waals surface area contributed by atoms with Crippen molar-refractivity contribution in [3.8, 4) is 0 Å². The molecule has 2 aromatic carbocycles. The number of carbonyl (C=O) groups is 2. The Morgan fingerprint density at radius 3 is 2.32 bits per heavy atom. The third-order valence-corrected chi connectivity index (χ3v) is 3.96. The molecule has 3 aromatic rings. The van der Waals surface area contributed by atoms with E-state index in [-0.39, 0.29) is 0 Å². The zero-order valence-corrected chi connectivity index (χ0v) is 13.6. The largest absolute Gasteiger partial charge is 0.451 e. The maximum atomic E-state index is 13.7. The van der Waals surface area contributed by atoms with E-state index in [1.54, 1.807) is 19.1 Å². The normalized spacial score (nSPS) is 12.2. The van der Waals surface area contributed by atoms with Gasteiger partial charge in [-0.3, -0.25) is 4.79 Å². The summed E-state index contributed by atoms with van der Waals surface area (Å²) in [6, 6.07) is 10.3. The lowest BCUT2D eigenvalue weighted by Crippen LogP contribution is -2.25. The van der Waals surface area contributed by atoms with Crippen molar-refractivity contribution in [1.82, 2.24) is 4.98 Å². The van der Waals surface area contributed by atoms with Crippen molar-refractivity contribution in [2.75, 3.05) is 0 Å². The van der Waals surface area contributed by atoms with Gasteiger partial charge in [-0.2, -0.15) is 0 Å². The van der Waals surface area contributed by atoms with Gasteiger partial charge in [0.25, 0.3) is 0 Å². The van der Waals surface area contributed by atoms with Crippen LogP contribution in [0.4, 0.5) is 8.78 Å². The Kier molecular flexibility index (Phi) is 4.35. The molecule has 25 heavy (non-hydrogen) atoms. The fourth-order valence-corrected chi connectivity index (χ4v) is 2.76. The van der Waals surface area contributed by atoms with Gasteiger partial charge in [0.15, 0.2) is 6.10 Å². The molecule has 0 amide bonds. The highest BCUT2D eigenvalue weighted by molar-refractivity contribution is 6.11. The summed E-state index contributed by atoms with van der Waals surface area (Å²) >= 11 is 0. The molecule has 0 bridgehead atoms. The number of fused-ring (bicyclic) bond motifs is 1. The van der Waals surface area contributed by atoms with Gasteiger partial charge in [0.2, 0.25) is 5.78 Å². The summed E-state index contributed by atoms with van der Waals surface area (Å²) < 4.78 is 32.3. The molecule has 0 aliphatic rings. The van der Waals surface area contributed by atoms with Crippen LogP contribution in [0.3, 0.4) is 0 Å². The van der Waals surface area contributed by atoms with E-state index in [1.165, 1.54) is 6.92 Å². The Hall–Kier alpha value is -3.02. The molecule has 0 saturated heterocycles. The van der Waals surface area contributed by atoms with E-state index in [0.717, 1.165) is 23.7 Å². The van der Waals surface area contributed by atoms with Gasteiger partial charge >= 0.3 is 5.97 Å². The van der Waals surface area contributed by atoms with Gasteiger partial charge in [0, 0.05) is 22.2 Å². The molecule has 3 rings (SSSR count). The maximum Gasteiger partial charge on any atom is 0.344 e. The van der Waals surface area contributed by atoms with Gasteiger partial charge in [-0.25, -0.2) is 13.6 Å². The number of Topliss-reactive ketones (excluding diaryl/α,β-unsaturated/α-hetero) is 1. The topological polar surface area (TPSA) is 59.2 Å². The van der Waals surface area contributed by atoms with Gasteiger partial charge in [0.05, 0.1) is 0 Å². The highest BCUT2D eigenvalue weighted by Gasteiger charge is 2.27. The van der Waals surface area contributed by atoms with Crippen molar-refractivity contribution in [3.05, 3.63) is 70.9 Å². The zero-order valence-electron chi connectivity index (χ0n) is 13.6. The zero-order chi connectivity index (χ0) is 18.1. The number of hydrogen-bond acceptors (Lipinski definition) is 3. The molecule has 1 atom stereocenters. The summed E-state index contributed by atoms with van der Waals surface area (Å²) in [6.45, 7) is 3.11. The number of hydrogen-bond donors (Lipinski definition) is 1. The number of H-pyrrole nitrogens is 1. The predicted octanol–water partition coefficient (Wildman–Crippen LogP) is 4.18. The number of halogens is 2. The lowest BCUT2D eigenvalue weighted by molar-refractivity contribution is 0.0310. The van der Waals surface area contributed by atoms with Gasteiger partial charge in [-0.05, 0) is 32.0 Å². The Balaban J connectivity index is 1.88.